The zero-order chi connectivity index (χ0) is 26.2. The predicted molar refractivity (Wildman–Crippen MR) is 124 cm³/mol. The van der Waals surface area contributed by atoms with Crippen molar-refractivity contribution in [2.24, 2.45) is 0 Å². The molecule has 11 heteroatoms. The number of benzene rings is 2. The van der Waals surface area contributed by atoms with Gasteiger partial charge in [0.2, 0.25) is 0 Å². The van der Waals surface area contributed by atoms with Crippen LogP contribution in [0.3, 0.4) is 0 Å². The van der Waals surface area contributed by atoms with Gasteiger partial charge in [0.05, 0.1) is 14.7 Å². The lowest BCUT2D eigenvalue weighted by molar-refractivity contribution is -0.150. The van der Waals surface area contributed by atoms with Crippen molar-refractivity contribution in [2.75, 3.05) is 13.2 Å². The van der Waals surface area contributed by atoms with Gasteiger partial charge in [-0.2, -0.15) is 26.3 Å². The largest absolute Gasteiger partial charge is 0.488 e. The van der Waals surface area contributed by atoms with Gasteiger partial charge in [-0.3, -0.25) is 0 Å². The molecule has 0 unspecified atom stereocenters. The van der Waals surface area contributed by atoms with Crippen LogP contribution in [0.15, 0.2) is 48.6 Å². The highest BCUT2D eigenvalue weighted by Gasteiger charge is 2.36. The first-order valence-corrected chi connectivity index (χ1v) is 11.1. The van der Waals surface area contributed by atoms with E-state index in [-0.39, 0.29) is 25.7 Å². The van der Waals surface area contributed by atoms with Crippen LogP contribution in [0.2, 0.25) is 0 Å². The Labute approximate surface area is 211 Å². The normalized spacial score (nSPS) is 12.8. The summed E-state index contributed by atoms with van der Waals surface area (Å²) in [4.78, 5) is 11.2. The van der Waals surface area contributed by atoms with E-state index in [4.69, 9.17) is 9.47 Å². The van der Waals surface area contributed by atoms with Gasteiger partial charge in [-0.25, -0.2) is 4.79 Å². The number of hydrogen-bond donors (Lipinski definition) is 1. The zero-order valence-electron chi connectivity index (χ0n) is 18.1. The summed E-state index contributed by atoms with van der Waals surface area (Å²) in [7, 11) is 0. The summed E-state index contributed by atoms with van der Waals surface area (Å²) in [6.07, 6.45) is -7.95. The molecule has 0 spiro atoms. The Hall–Kier alpha value is -2.72. The van der Waals surface area contributed by atoms with E-state index in [0.29, 0.717) is 21.5 Å². The highest BCUT2D eigenvalue weighted by Crippen LogP contribution is 2.36. The number of allylic oxidation sites excluding steroid dienone is 1. The number of rotatable bonds is 8. The molecular formula is C24H19F6IO4. The molecule has 0 aliphatic rings. The monoisotopic (exact) mass is 612 g/mol. The Morgan fingerprint density at radius 2 is 1.71 bits per heavy atom. The van der Waals surface area contributed by atoms with Crippen LogP contribution in [0.1, 0.15) is 29.2 Å². The Morgan fingerprint density at radius 3 is 2.23 bits per heavy atom. The quantitative estimate of drug-likeness (QED) is 0.215. The van der Waals surface area contributed by atoms with E-state index >= 15 is 0 Å². The van der Waals surface area contributed by atoms with Crippen molar-refractivity contribution in [1.82, 2.24) is 0 Å². The van der Waals surface area contributed by atoms with Gasteiger partial charge in [-0.15, -0.1) is 0 Å². The van der Waals surface area contributed by atoms with Crippen LogP contribution in [0.5, 0.6) is 5.75 Å². The minimum absolute atomic E-state index is 0.0388. The Bertz CT molecular complexity index is 1100. The average Bonchev–Trinajstić information content (AvgIpc) is 2.75. The smallest absolute Gasteiger partial charge is 0.416 e. The molecule has 0 saturated carbocycles. The van der Waals surface area contributed by atoms with Crippen molar-refractivity contribution in [3.8, 4) is 17.6 Å². The van der Waals surface area contributed by atoms with Crippen LogP contribution < -0.4 is 4.74 Å². The topological polar surface area (TPSA) is 55.8 Å². The zero-order valence-corrected chi connectivity index (χ0v) is 20.3. The van der Waals surface area contributed by atoms with Gasteiger partial charge in [0.15, 0.2) is 6.10 Å². The van der Waals surface area contributed by atoms with Crippen LogP contribution in [-0.4, -0.2) is 30.4 Å². The second-order valence-electron chi connectivity index (χ2n) is 7.03. The lowest BCUT2D eigenvalue weighted by atomic mass is 10.0. The highest BCUT2D eigenvalue weighted by molar-refractivity contribution is 14.1. The van der Waals surface area contributed by atoms with Crippen LogP contribution in [0.25, 0.3) is 0 Å². The fraction of sp³-hybridized carbons (Fsp3) is 0.292. The number of carboxylic acid groups (broad SMARTS) is 1. The van der Waals surface area contributed by atoms with Crippen LogP contribution >= 0.6 is 22.6 Å². The first-order chi connectivity index (χ1) is 16.3. The maximum atomic E-state index is 12.9. The van der Waals surface area contributed by atoms with Gasteiger partial charge in [0, 0.05) is 18.6 Å². The number of hydrogen-bond acceptors (Lipinski definition) is 3. The van der Waals surface area contributed by atoms with E-state index in [1.54, 1.807) is 25.1 Å². The summed E-state index contributed by atoms with van der Waals surface area (Å²) in [6, 6.07) is 6.25. The fourth-order valence-electron chi connectivity index (χ4n) is 2.82. The minimum atomic E-state index is -4.94. The van der Waals surface area contributed by atoms with Crippen molar-refractivity contribution in [3.05, 3.63) is 74.4 Å². The molecular weight excluding hydrogens is 593 g/mol. The summed E-state index contributed by atoms with van der Waals surface area (Å²) in [5, 5.41) is 9.18. The van der Waals surface area contributed by atoms with E-state index < -0.39 is 41.1 Å². The molecule has 35 heavy (non-hydrogen) atoms. The first-order valence-electron chi connectivity index (χ1n) is 10.0. The van der Waals surface area contributed by atoms with Crippen molar-refractivity contribution < 1.29 is 45.7 Å². The SMILES string of the molecule is CCO[C@@H](Cc1ccc(OCC=CC#Cc2cc(C(F)(F)F)cc(C(F)(F)F)c2)c(I)c1)C(=O)O. The molecule has 188 valence electrons. The summed E-state index contributed by atoms with van der Waals surface area (Å²) >= 11 is 2.02. The lowest BCUT2D eigenvalue weighted by Gasteiger charge is -2.13. The maximum absolute atomic E-state index is 12.9. The third-order valence-corrected chi connectivity index (χ3v) is 5.24. The van der Waals surface area contributed by atoms with Gasteiger partial charge < -0.3 is 14.6 Å². The molecule has 1 atom stereocenters. The molecule has 4 nitrogen and oxygen atoms in total. The van der Waals surface area contributed by atoms with E-state index in [9.17, 15) is 36.2 Å². The van der Waals surface area contributed by atoms with Crippen molar-refractivity contribution >= 4 is 28.6 Å². The second-order valence-corrected chi connectivity index (χ2v) is 8.19. The Kier molecular flexibility index (Phi) is 10.0. The summed E-state index contributed by atoms with van der Waals surface area (Å²) in [6.45, 7) is 2.01. The Morgan fingerprint density at radius 1 is 1.09 bits per heavy atom. The number of ether oxygens (including phenoxy) is 2. The number of alkyl halides is 6. The van der Waals surface area contributed by atoms with Crippen molar-refractivity contribution in [1.29, 1.82) is 0 Å². The number of aliphatic carboxylic acids is 1. The lowest BCUT2D eigenvalue weighted by Crippen LogP contribution is -2.26. The molecule has 0 saturated heterocycles. The van der Waals surface area contributed by atoms with Crippen molar-refractivity contribution in [2.45, 2.75) is 31.8 Å². The molecule has 0 aliphatic heterocycles. The van der Waals surface area contributed by atoms with Crippen LogP contribution in [0, 0.1) is 15.4 Å². The highest BCUT2D eigenvalue weighted by atomic mass is 127. The summed E-state index contributed by atoms with van der Waals surface area (Å²) < 4.78 is 88.8. The van der Waals surface area contributed by atoms with Gasteiger partial charge >= 0.3 is 18.3 Å². The molecule has 0 aliphatic carbocycles. The third-order valence-electron chi connectivity index (χ3n) is 4.40. The average molecular weight is 612 g/mol. The molecule has 2 aromatic carbocycles. The maximum Gasteiger partial charge on any atom is 0.416 e. The summed E-state index contributed by atoms with van der Waals surface area (Å²) in [5.41, 5.74) is -2.55. The van der Waals surface area contributed by atoms with E-state index in [0.717, 1.165) is 5.56 Å². The predicted octanol–water partition coefficient (Wildman–Crippen LogP) is 6.35. The molecule has 0 radical (unpaired) electrons. The first kappa shape index (κ1) is 28.5. The van der Waals surface area contributed by atoms with Gasteiger partial charge in [0.1, 0.15) is 12.4 Å². The van der Waals surface area contributed by atoms with E-state index in [1.165, 1.54) is 12.2 Å². The van der Waals surface area contributed by atoms with Crippen LogP contribution in [-0.2, 0) is 28.3 Å². The number of carboxylic acids is 1. The summed E-state index contributed by atoms with van der Waals surface area (Å²) in [5.74, 6) is 4.11. The van der Waals surface area contributed by atoms with Gasteiger partial charge in [-0.1, -0.05) is 17.9 Å². The molecule has 0 heterocycles. The Balaban J connectivity index is 2.03. The third kappa shape index (κ3) is 9.10. The molecule has 0 bridgehead atoms. The molecule has 2 rings (SSSR count). The molecule has 1 N–H and O–H groups in total. The van der Waals surface area contributed by atoms with Crippen molar-refractivity contribution in [3.63, 3.8) is 0 Å². The molecule has 2 aromatic rings. The molecule has 0 aromatic heterocycles. The standard InChI is InChI=1S/C24H19F6IO4/c1-2-34-21(22(32)33)13-16-7-8-20(19(31)12-16)35-9-5-3-4-6-15-10-17(23(25,26)27)14-18(11-15)24(28,29)30/h3,5,7-8,10-12,14,21H,2,9,13H2,1H3,(H,32,33)/t21-/m0/s1. The molecule has 0 fully saturated rings. The molecule has 0 amide bonds. The second kappa shape index (κ2) is 12.3. The van der Waals surface area contributed by atoms with Crippen LogP contribution in [0.4, 0.5) is 26.3 Å². The van der Waals surface area contributed by atoms with Gasteiger partial charge in [-0.05, 0) is 77.6 Å². The number of halogens is 7. The van der Waals surface area contributed by atoms with E-state index in [1.807, 2.05) is 22.6 Å². The minimum Gasteiger partial charge on any atom is -0.488 e. The number of carbonyl (C=O) groups is 1. The van der Waals surface area contributed by atoms with E-state index in [2.05, 4.69) is 11.8 Å². The van der Waals surface area contributed by atoms with Gasteiger partial charge in [0.25, 0.3) is 0 Å². The fourth-order valence-corrected chi connectivity index (χ4v) is 3.55.